The van der Waals surface area contributed by atoms with Crippen molar-refractivity contribution in [3.63, 3.8) is 0 Å². The maximum Gasteiger partial charge on any atom is 0.0431 e. The quantitative estimate of drug-likeness (QED) is 0.666. The van der Waals surface area contributed by atoms with E-state index in [9.17, 15) is 0 Å². The van der Waals surface area contributed by atoms with Crippen LogP contribution in [0.1, 0.15) is 46.0 Å². The highest BCUT2D eigenvalue weighted by molar-refractivity contribution is 4.81. The van der Waals surface area contributed by atoms with Gasteiger partial charge in [0.1, 0.15) is 0 Å². The molecule has 1 aliphatic carbocycles. The highest BCUT2D eigenvalue weighted by atomic mass is 16.2. The molecular weight excluding hydrogens is 136 g/mol. The van der Waals surface area contributed by atoms with Gasteiger partial charge < -0.3 is 5.11 Å². The van der Waals surface area contributed by atoms with Crippen LogP contribution in [0.3, 0.4) is 0 Å². The highest BCUT2D eigenvalue weighted by Gasteiger charge is 2.29. The Morgan fingerprint density at radius 3 is 2.64 bits per heavy atom. The van der Waals surface area contributed by atoms with Crippen molar-refractivity contribution in [3.05, 3.63) is 0 Å². The standard InChI is InChI=1S/C10H20O/c1-10(2)6-5-9(8-10)4-3-7-11/h9,11H,3-8H2,1-2H3/t9-/m1/s1. The van der Waals surface area contributed by atoms with Gasteiger partial charge in [-0.05, 0) is 43.4 Å². The van der Waals surface area contributed by atoms with Gasteiger partial charge >= 0.3 is 0 Å². The third-order valence-electron chi connectivity index (χ3n) is 2.84. The van der Waals surface area contributed by atoms with E-state index in [4.69, 9.17) is 5.11 Å². The first-order valence-corrected chi connectivity index (χ1v) is 4.75. The molecule has 0 aromatic rings. The van der Waals surface area contributed by atoms with E-state index >= 15 is 0 Å². The van der Waals surface area contributed by atoms with Crippen LogP contribution in [0.4, 0.5) is 0 Å². The van der Waals surface area contributed by atoms with Crippen LogP contribution in [0, 0.1) is 11.3 Å². The van der Waals surface area contributed by atoms with Gasteiger partial charge in [-0.25, -0.2) is 0 Å². The Balaban J connectivity index is 2.20. The maximum atomic E-state index is 8.66. The second kappa shape index (κ2) is 3.57. The van der Waals surface area contributed by atoms with Crippen LogP contribution in [0.5, 0.6) is 0 Å². The second-order valence-corrected chi connectivity index (χ2v) is 4.64. The Morgan fingerprint density at radius 1 is 1.45 bits per heavy atom. The van der Waals surface area contributed by atoms with Crippen LogP contribution in [-0.4, -0.2) is 11.7 Å². The molecule has 0 heterocycles. The minimum atomic E-state index is 0.372. The van der Waals surface area contributed by atoms with Crippen LogP contribution in [0.25, 0.3) is 0 Å². The van der Waals surface area contributed by atoms with Gasteiger partial charge in [-0.15, -0.1) is 0 Å². The van der Waals surface area contributed by atoms with Gasteiger partial charge in [0.05, 0.1) is 0 Å². The summed E-state index contributed by atoms with van der Waals surface area (Å²) in [7, 11) is 0. The predicted octanol–water partition coefficient (Wildman–Crippen LogP) is 2.59. The summed E-state index contributed by atoms with van der Waals surface area (Å²) in [4.78, 5) is 0. The molecule has 1 heteroatoms. The smallest absolute Gasteiger partial charge is 0.0431 e. The third-order valence-corrected chi connectivity index (χ3v) is 2.84. The number of hydrogen-bond acceptors (Lipinski definition) is 1. The van der Waals surface area contributed by atoms with Crippen molar-refractivity contribution in [2.45, 2.75) is 46.0 Å². The number of rotatable bonds is 3. The van der Waals surface area contributed by atoms with E-state index in [-0.39, 0.29) is 0 Å². The first kappa shape index (κ1) is 9.05. The summed E-state index contributed by atoms with van der Waals surface area (Å²) < 4.78 is 0. The van der Waals surface area contributed by atoms with Crippen LogP contribution >= 0.6 is 0 Å². The molecule has 1 atom stereocenters. The van der Waals surface area contributed by atoms with Gasteiger partial charge in [-0.2, -0.15) is 0 Å². The molecule has 1 saturated carbocycles. The molecule has 0 aromatic carbocycles. The minimum Gasteiger partial charge on any atom is -0.396 e. The summed E-state index contributed by atoms with van der Waals surface area (Å²) in [6.07, 6.45) is 6.36. The lowest BCUT2D eigenvalue weighted by Crippen LogP contribution is -2.05. The van der Waals surface area contributed by atoms with E-state index in [1.165, 1.54) is 25.7 Å². The fraction of sp³-hybridized carbons (Fsp3) is 1.00. The third kappa shape index (κ3) is 2.82. The minimum absolute atomic E-state index is 0.372. The molecule has 1 aliphatic rings. The normalized spacial score (nSPS) is 29.2. The molecule has 0 spiro atoms. The fourth-order valence-corrected chi connectivity index (χ4v) is 2.21. The lowest BCUT2D eigenvalue weighted by Gasteiger charge is -2.16. The zero-order valence-electron chi connectivity index (χ0n) is 7.77. The number of hydrogen-bond donors (Lipinski definition) is 1. The molecule has 0 unspecified atom stereocenters. The lowest BCUT2D eigenvalue weighted by atomic mass is 9.89. The van der Waals surface area contributed by atoms with Crippen molar-refractivity contribution in [2.75, 3.05) is 6.61 Å². The monoisotopic (exact) mass is 156 g/mol. The highest BCUT2D eigenvalue weighted by Crippen LogP contribution is 2.42. The molecule has 1 nitrogen and oxygen atoms in total. The first-order chi connectivity index (χ1) is 5.14. The largest absolute Gasteiger partial charge is 0.396 e. The van der Waals surface area contributed by atoms with Gasteiger partial charge in [0.25, 0.3) is 0 Å². The summed E-state index contributed by atoms with van der Waals surface area (Å²) >= 11 is 0. The van der Waals surface area contributed by atoms with E-state index in [0.717, 1.165) is 12.3 Å². The lowest BCUT2D eigenvalue weighted by molar-refractivity contribution is 0.266. The van der Waals surface area contributed by atoms with Crippen LogP contribution in [0.15, 0.2) is 0 Å². The molecule has 1 fully saturated rings. The topological polar surface area (TPSA) is 20.2 Å². The Morgan fingerprint density at radius 2 is 2.18 bits per heavy atom. The summed E-state index contributed by atoms with van der Waals surface area (Å²) in [5.41, 5.74) is 0.583. The molecule has 0 aromatic heterocycles. The summed E-state index contributed by atoms with van der Waals surface area (Å²) in [6.45, 7) is 5.08. The van der Waals surface area contributed by atoms with E-state index in [1.54, 1.807) is 0 Å². The number of aliphatic hydroxyl groups is 1. The molecule has 1 rings (SSSR count). The van der Waals surface area contributed by atoms with Gasteiger partial charge in [0.15, 0.2) is 0 Å². The average Bonchev–Trinajstić information content (AvgIpc) is 2.26. The number of aliphatic hydroxyl groups excluding tert-OH is 1. The summed E-state index contributed by atoms with van der Waals surface area (Å²) in [6, 6.07) is 0. The van der Waals surface area contributed by atoms with Gasteiger partial charge in [0.2, 0.25) is 0 Å². The van der Waals surface area contributed by atoms with Crippen molar-refractivity contribution < 1.29 is 5.11 Å². The average molecular weight is 156 g/mol. The second-order valence-electron chi connectivity index (χ2n) is 4.64. The Bertz CT molecular complexity index is 118. The van der Waals surface area contributed by atoms with Gasteiger partial charge in [-0.3, -0.25) is 0 Å². The summed E-state index contributed by atoms with van der Waals surface area (Å²) in [5, 5.41) is 8.66. The molecule has 0 saturated heterocycles. The molecule has 11 heavy (non-hydrogen) atoms. The maximum absolute atomic E-state index is 8.66. The Labute approximate surface area is 69.8 Å². The van der Waals surface area contributed by atoms with E-state index < -0.39 is 0 Å². The molecule has 66 valence electrons. The molecule has 0 amide bonds. The van der Waals surface area contributed by atoms with Crippen molar-refractivity contribution >= 4 is 0 Å². The van der Waals surface area contributed by atoms with Crippen molar-refractivity contribution in [2.24, 2.45) is 11.3 Å². The molecule has 0 bridgehead atoms. The zero-order valence-corrected chi connectivity index (χ0v) is 7.77. The molecule has 0 aliphatic heterocycles. The molecular formula is C10H20O. The van der Waals surface area contributed by atoms with E-state index in [2.05, 4.69) is 13.8 Å². The van der Waals surface area contributed by atoms with Crippen LogP contribution in [-0.2, 0) is 0 Å². The zero-order chi connectivity index (χ0) is 8.32. The van der Waals surface area contributed by atoms with Crippen LogP contribution in [0.2, 0.25) is 0 Å². The SMILES string of the molecule is CC1(C)CC[C@@H](CCCO)C1. The molecule has 0 radical (unpaired) electrons. The fourth-order valence-electron chi connectivity index (χ4n) is 2.21. The van der Waals surface area contributed by atoms with Crippen LogP contribution < -0.4 is 0 Å². The van der Waals surface area contributed by atoms with Crippen molar-refractivity contribution in [1.82, 2.24) is 0 Å². The van der Waals surface area contributed by atoms with Gasteiger partial charge in [0, 0.05) is 6.61 Å². The predicted molar refractivity (Wildman–Crippen MR) is 47.4 cm³/mol. The van der Waals surface area contributed by atoms with Crippen molar-refractivity contribution in [3.8, 4) is 0 Å². The Kier molecular flexibility index (Phi) is 2.94. The van der Waals surface area contributed by atoms with Crippen molar-refractivity contribution in [1.29, 1.82) is 0 Å². The first-order valence-electron chi connectivity index (χ1n) is 4.75. The van der Waals surface area contributed by atoms with Gasteiger partial charge in [-0.1, -0.05) is 13.8 Å². The Hall–Kier alpha value is -0.0400. The van der Waals surface area contributed by atoms with E-state index in [1.807, 2.05) is 0 Å². The van der Waals surface area contributed by atoms with E-state index in [0.29, 0.717) is 12.0 Å². The summed E-state index contributed by atoms with van der Waals surface area (Å²) in [5.74, 6) is 0.900. The molecule has 1 N–H and O–H groups in total.